The van der Waals surface area contributed by atoms with Crippen LogP contribution in [0.5, 0.6) is 11.5 Å². The molecule has 0 aromatic heterocycles. The average Bonchev–Trinajstić information content (AvgIpc) is 2.43. The maximum absolute atomic E-state index is 13.6. The highest BCUT2D eigenvalue weighted by Gasteiger charge is 2.17. The van der Waals surface area contributed by atoms with Crippen molar-refractivity contribution < 1.29 is 22.8 Å². The van der Waals surface area contributed by atoms with Crippen LogP contribution in [-0.2, 0) is 0 Å². The molecule has 0 radical (unpaired) electrons. The van der Waals surface area contributed by atoms with Crippen LogP contribution in [0.15, 0.2) is 30.3 Å². The van der Waals surface area contributed by atoms with Crippen molar-refractivity contribution in [3.8, 4) is 17.6 Å². The van der Waals surface area contributed by atoms with Crippen molar-refractivity contribution >= 4 is 5.69 Å². The molecular formula is C13H5F3N2O3. The maximum Gasteiger partial charge on any atom is 0.272 e. The quantitative estimate of drug-likeness (QED) is 0.639. The molecule has 0 amide bonds. The topological polar surface area (TPSA) is 76.2 Å². The zero-order valence-electron chi connectivity index (χ0n) is 10.1. The van der Waals surface area contributed by atoms with Gasteiger partial charge in [-0.2, -0.15) is 5.26 Å². The van der Waals surface area contributed by atoms with Gasteiger partial charge in [-0.05, 0) is 18.2 Å². The van der Waals surface area contributed by atoms with Crippen molar-refractivity contribution in [2.24, 2.45) is 0 Å². The van der Waals surface area contributed by atoms with Crippen LogP contribution in [0.1, 0.15) is 5.56 Å². The Hall–Kier alpha value is -3.08. The standard InChI is InChI=1S/C13H5F3N2O3/c14-9-5-8(18(19)20)1-2-12(9)21-13-10(15)3-7(6-17)4-11(13)16/h1-5H. The molecule has 0 spiro atoms. The molecule has 0 aliphatic heterocycles. The summed E-state index contributed by atoms with van der Waals surface area (Å²) < 4.78 is 45.5. The zero-order chi connectivity index (χ0) is 15.6. The first-order valence-electron chi connectivity index (χ1n) is 5.43. The Bertz CT molecular complexity index is 749. The first-order chi connectivity index (χ1) is 9.92. The molecule has 21 heavy (non-hydrogen) atoms. The molecule has 2 rings (SSSR count). The van der Waals surface area contributed by atoms with Crippen LogP contribution in [-0.4, -0.2) is 4.92 Å². The Labute approximate surface area is 116 Å². The second kappa shape index (κ2) is 5.50. The molecular weight excluding hydrogens is 289 g/mol. The molecule has 0 fully saturated rings. The molecule has 0 aliphatic carbocycles. The molecule has 106 valence electrons. The minimum atomic E-state index is -1.19. The van der Waals surface area contributed by atoms with Crippen LogP contribution in [0.25, 0.3) is 0 Å². The fourth-order valence-corrected chi connectivity index (χ4v) is 1.52. The third kappa shape index (κ3) is 2.92. The van der Waals surface area contributed by atoms with Gasteiger partial charge in [0.25, 0.3) is 5.69 Å². The van der Waals surface area contributed by atoms with Gasteiger partial charge in [-0.15, -0.1) is 0 Å². The van der Waals surface area contributed by atoms with Crippen LogP contribution in [0.2, 0.25) is 0 Å². The van der Waals surface area contributed by atoms with Crippen molar-refractivity contribution in [3.63, 3.8) is 0 Å². The van der Waals surface area contributed by atoms with Gasteiger partial charge >= 0.3 is 0 Å². The van der Waals surface area contributed by atoms with E-state index < -0.39 is 39.6 Å². The number of non-ortho nitro benzene ring substituents is 1. The summed E-state index contributed by atoms with van der Waals surface area (Å²) in [4.78, 5) is 9.63. The summed E-state index contributed by atoms with van der Waals surface area (Å²) in [6, 6.07) is 5.37. The highest BCUT2D eigenvalue weighted by atomic mass is 19.1. The second-order valence-electron chi connectivity index (χ2n) is 3.85. The Kier molecular flexibility index (Phi) is 3.75. The molecule has 0 N–H and O–H groups in total. The molecule has 0 saturated heterocycles. The normalized spacial score (nSPS) is 10.0. The minimum Gasteiger partial charge on any atom is -0.448 e. The smallest absolute Gasteiger partial charge is 0.272 e. The van der Waals surface area contributed by atoms with E-state index in [1.807, 2.05) is 0 Å². The average molecular weight is 294 g/mol. The van der Waals surface area contributed by atoms with E-state index >= 15 is 0 Å². The van der Waals surface area contributed by atoms with Crippen LogP contribution in [0.4, 0.5) is 18.9 Å². The van der Waals surface area contributed by atoms with E-state index in [0.29, 0.717) is 6.07 Å². The minimum absolute atomic E-state index is 0.262. The molecule has 8 heteroatoms. The van der Waals surface area contributed by atoms with Crippen molar-refractivity contribution in [2.45, 2.75) is 0 Å². The molecule has 0 atom stereocenters. The third-order valence-electron chi connectivity index (χ3n) is 2.47. The summed E-state index contributed by atoms with van der Waals surface area (Å²) in [5.74, 6) is -5.01. The predicted molar refractivity (Wildman–Crippen MR) is 64.2 cm³/mol. The van der Waals surface area contributed by atoms with Gasteiger partial charge in [0.05, 0.1) is 22.6 Å². The Morgan fingerprint density at radius 1 is 1.10 bits per heavy atom. The number of hydrogen-bond acceptors (Lipinski definition) is 4. The lowest BCUT2D eigenvalue weighted by Gasteiger charge is -2.08. The summed E-state index contributed by atoms with van der Waals surface area (Å²) in [7, 11) is 0. The molecule has 0 heterocycles. The Morgan fingerprint density at radius 3 is 2.19 bits per heavy atom. The predicted octanol–water partition coefficient (Wildman–Crippen LogP) is 3.68. The number of benzene rings is 2. The number of nitrogens with zero attached hydrogens (tertiary/aromatic N) is 2. The van der Waals surface area contributed by atoms with Crippen LogP contribution in [0.3, 0.4) is 0 Å². The summed E-state index contributed by atoms with van der Waals surface area (Å²) in [6.07, 6.45) is 0. The lowest BCUT2D eigenvalue weighted by atomic mass is 10.2. The summed E-state index contributed by atoms with van der Waals surface area (Å²) in [5.41, 5.74) is -0.790. The Morgan fingerprint density at radius 2 is 1.71 bits per heavy atom. The number of ether oxygens (including phenoxy) is 1. The van der Waals surface area contributed by atoms with Gasteiger partial charge in [0.15, 0.2) is 29.0 Å². The third-order valence-corrected chi connectivity index (χ3v) is 2.47. The molecule has 2 aromatic rings. The molecule has 5 nitrogen and oxygen atoms in total. The molecule has 0 saturated carbocycles. The van der Waals surface area contributed by atoms with Crippen molar-refractivity contribution in [2.75, 3.05) is 0 Å². The first-order valence-corrected chi connectivity index (χ1v) is 5.43. The number of hydrogen-bond donors (Lipinski definition) is 0. The van der Waals surface area contributed by atoms with Gasteiger partial charge in [-0.25, -0.2) is 13.2 Å². The van der Waals surface area contributed by atoms with E-state index in [1.165, 1.54) is 0 Å². The summed E-state index contributed by atoms with van der Waals surface area (Å²) in [5, 5.41) is 19.0. The maximum atomic E-state index is 13.6. The van der Waals surface area contributed by atoms with Gasteiger partial charge in [0.2, 0.25) is 0 Å². The number of nitro benzene ring substituents is 1. The fourth-order valence-electron chi connectivity index (χ4n) is 1.52. The van der Waals surface area contributed by atoms with E-state index in [-0.39, 0.29) is 5.56 Å². The van der Waals surface area contributed by atoms with Gasteiger partial charge in [0, 0.05) is 6.07 Å². The van der Waals surface area contributed by atoms with Gasteiger partial charge in [-0.3, -0.25) is 10.1 Å². The van der Waals surface area contributed by atoms with Crippen LogP contribution < -0.4 is 4.74 Å². The lowest BCUT2D eigenvalue weighted by Crippen LogP contribution is -1.97. The second-order valence-corrected chi connectivity index (χ2v) is 3.85. The Balaban J connectivity index is 2.39. The van der Waals surface area contributed by atoms with E-state index in [4.69, 9.17) is 10.00 Å². The van der Waals surface area contributed by atoms with Crippen molar-refractivity contribution in [3.05, 3.63) is 63.5 Å². The largest absolute Gasteiger partial charge is 0.448 e. The lowest BCUT2D eigenvalue weighted by molar-refractivity contribution is -0.385. The van der Waals surface area contributed by atoms with Gasteiger partial charge < -0.3 is 4.74 Å². The van der Waals surface area contributed by atoms with Crippen LogP contribution >= 0.6 is 0 Å². The van der Waals surface area contributed by atoms with Gasteiger partial charge in [-0.1, -0.05) is 0 Å². The van der Waals surface area contributed by atoms with Crippen molar-refractivity contribution in [1.29, 1.82) is 5.26 Å². The van der Waals surface area contributed by atoms with E-state index in [0.717, 1.165) is 24.3 Å². The number of nitriles is 1. The SMILES string of the molecule is N#Cc1cc(F)c(Oc2ccc([N+](=O)[O-])cc2F)c(F)c1. The number of nitro groups is 1. The van der Waals surface area contributed by atoms with Gasteiger partial charge in [0.1, 0.15) is 0 Å². The molecule has 0 bridgehead atoms. The highest BCUT2D eigenvalue weighted by molar-refractivity contribution is 5.43. The number of halogens is 3. The fraction of sp³-hybridized carbons (Fsp3) is 0. The zero-order valence-corrected chi connectivity index (χ0v) is 10.1. The van der Waals surface area contributed by atoms with E-state index in [9.17, 15) is 23.3 Å². The number of rotatable bonds is 3. The summed E-state index contributed by atoms with van der Waals surface area (Å²) >= 11 is 0. The monoisotopic (exact) mass is 294 g/mol. The molecule has 0 unspecified atom stereocenters. The van der Waals surface area contributed by atoms with Crippen LogP contribution in [0, 0.1) is 38.9 Å². The highest BCUT2D eigenvalue weighted by Crippen LogP contribution is 2.31. The van der Waals surface area contributed by atoms with E-state index in [2.05, 4.69) is 0 Å². The van der Waals surface area contributed by atoms with Crippen molar-refractivity contribution in [1.82, 2.24) is 0 Å². The summed E-state index contributed by atoms with van der Waals surface area (Å²) in [6.45, 7) is 0. The molecule has 0 aliphatic rings. The molecule has 2 aromatic carbocycles. The van der Waals surface area contributed by atoms with E-state index in [1.54, 1.807) is 6.07 Å². The first kappa shape index (κ1) is 14.3.